The highest BCUT2D eigenvalue weighted by molar-refractivity contribution is 5.94. The van der Waals surface area contributed by atoms with Crippen LogP contribution in [0.4, 0.5) is 5.82 Å². The van der Waals surface area contributed by atoms with E-state index < -0.39 is 0 Å². The normalized spacial score (nSPS) is 23.7. The standard InChI is InChI=1S/C19H22N4O2/c24-18(16-4-8-20-9-5-16)23-11-12-25-15-19(14-23)6-10-22(13-19)17-3-1-2-7-21-17/h1-5,7-9H,6,10-15H2/t19-/m1/s1. The van der Waals surface area contributed by atoms with Crippen molar-refractivity contribution in [3.63, 3.8) is 0 Å². The molecule has 4 heterocycles. The third-order valence-electron chi connectivity index (χ3n) is 5.07. The summed E-state index contributed by atoms with van der Waals surface area (Å²) in [7, 11) is 0. The maximum Gasteiger partial charge on any atom is 0.254 e. The lowest BCUT2D eigenvalue weighted by atomic mass is 9.87. The van der Waals surface area contributed by atoms with Gasteiger partial charge >= 0.3 is 0 Å². The van der Waals surface area contributed by atoms with E-state index in [0.717, 1.165) is 31.9 Å². The molecule has 0 saturated carbocycles. The summed E-state index contributed by atoms with van der Waals surface area (Å²) >= 11 is 0. The summed E-state index contributed by atoms with van der Waals surface area (Å²) in [5.41, 5.74) is 0.656. The largest absolute Gasteiger partial charge is 0.379 e. The monoisotopic (exact) mass is 338 g/mol. The zero-order chi connectivity index (χ0) is 17.1. The first-order valence-electron chi connectivity index (χ1n) is 8.69. The second-order valence-electron chi connectivity index (χ2n) is 6.87. The summed E-state index contributed by atoms with van der Waals surface area (Å²) in [6.45, 7) is 4.43. The first kappa shape index (κ1) is 16.0. The van der Waals surface area contributed by atoms with Gasteiger partial charge in [-0.2, -0.15) is 0 Å². The number of pyridine rings is 2. The second kappa shape index (κ2) is 6.80. The Balaban J connectivity index is 1.51. The quantitative estimate of drug-likeness (QED) is 0.836. The molecule has 2 fully saturated rings. The Hall–Kier alpha value is -2.47. The lowest BCUT2D eigenvalue weighted by molar-refractivity contribution is 0.0691. The Kier molecular flexibility index (Phi) is 4.36. The van der Waals surface area contributed by atoms with Crippen LogP contribution in [0, 0.1) is 5.41 Å². The van der Waals surface area contributed by atoms with Crippen molar-refractivity contribution in [2.75, 3.05) is 44.3 Å². The summed E-state index contributed by atoms with van der Waals surface area (Å²) in [6, 6.07) is 9.52. The molecule has 1 spiro atoms. The molecule has 2 aliphatic heterocycles. The van der Waals surface area contributed by atoms with Crippen LogP contribution in [0.1, 0.15) is 16.8 Å². The first-order chi connectivity index (χ1) is 12.3. The predicted molar refractivity (Wildman–Crippen MR) is 94.5 cm³/mol. The average molecular weight is 338 g/mol. The van der Waals surface area contributed by atoms with Gasteiger partial charge in [0, 0.05) is 55.7 Å². The molecule has 2 aromatic rings. The smallest absolute Gasteiger partial charge is 0.254 e. The topological polar surface area (TPSA) is 58.6 Å². The van der Waals surface area contributed by atoms with E-state index in [1.165, 1.54) is 0 Å². The molecule has 1 amide bonds. The van der Waals surface area contributed by atoms with Crippen LogP contribution < -0.4 is 4.90 Å². The molecule has 2 aliphatic rings. The molecule has 0 unspecified atom stereocenters. The van der Waals surface area contributed by atoms with Gasteiger partial charge in [0.2, 0.25) is 0 Å². The third kappa shape index (κ3) is 3.35. The number of aromatic nitrogens is 2. The van der Waals surface area contributed by atoms with E-state index >= 15 is 0 Å². The van der Waals surface area contributed by atoms with Gasteiger partial charge < -0.3 is 14.5 Å². The Morgan fingerprint density at radius 1 is 1.08 bits per heavy atom. The molecule has 6 nitrogen and oxygen atoms in total. The molecule has 4 rings (SSSR count). The second-order valence-corrected chi connectivity index (χ2v) is 6.87. The van der Waals surface area contributed by atoms with Gasteiger partial charge in [-0.3, -0.25) is 9.78 Å². The van der Waals surface area contributed by atoms with Gasteiger partial charge in [-0.05, 0) is 30.7 Å². The van der Waals surface area contributed by atoms with E-state index in [1.54, 1.807) is 24.5 Å². The van der Waals surface area contributed by atoms with E-state index in [0.29, 0.717) is 25.3 Å². The van der Waals surface area contributed by atoms with Crippen LogP contribution in [0.25, 0.3) is 0 Å². The molecule has 130 valence electrons. The molecule has 2 aromatic heterocycles. The fourth-order valence-electron chi connectivity index (χ4n) is 3.76. The van der Waals surface area contributed by atoms with Crippen LogP contribution in [-0.2, 0) is 4.74 Å². The summed E-state index contributed by atoms with van der Waals surface area (Å²) in [5.74, 6) is 1.05. The Labute approximate surface area is 147 Å². The number of nitrogens with zero attached hydrogens (tertiary/aromatic N) is 4. The molecular weight excluding hydrogens is 316 g/mol. The van der Waals surface area contributed by atoms with Crippen LogP contribution in [0.3, 0.4) is 0 Å². The van der Waals surface area contributed by atoms with Crippen LogP contribution in [0.15, 0.2) is 48.9 Å². The number of carbonyl (C=O) groups excluding carboxylic acids is 1. The van der Waals surface area contributed by atoms with E-state index in [4.69, 9.17) is 4.74 Å². The van der Waals surface area contributed by atoms with E-state index in [-0.39, 0.29) is 11.3 Å². The number of ether oxygens (including phenoxy) is 1. The highest BCUT2D eigenvalue weighted by Gasteiger charge is 2.42. The number of anilines is 1. The highest BCUT2D eigenvalue weighted by atomic mass is 16.5. The first-order valence-corrected chi connectivity index (χ1v) is 8.69. The third-order valence-corrected chi connectivity index (χ3v) is 5.07. The number of hydrogen-bond donors (Lipinski definition) is 0. The number of hydrogen-bond acceptors (Lipinski definition) is 5. The molecule has 6 heteroatoms. The molecule has 0 bridgehead atoms. The van der Waals surface area contributed by atoms with E-state index in [9.17, 15) is 4.79 Å². The maximum absolute atomic E-state index is 12.9. The van der Waals surface area contributed by atoms with Gasteiger partial charge in [0.1, 0.15) is 5.82 Å². The molecule has 0 radical (unpaired) electrons. The minimum absolute atomic E-state index is 0.0310. The van der Waals surface area contributed by atoms with Crippen molar-refractivity contribution in [2.24, 2.45) is 5.41 Å². The molecule has 25 heavy (non-hydrogen) atoms. The molecule has 0 aromatic carbocycles. The fraction of sp³-hybridized carbons (Fsp3) is 0.421. The molecule has 1 atom stereocenters. The van der Waals surface area contributed by atoms with Crippen molar-refractivity contribution in [3.05, 3.63) is 54.5 Å². The van der Waals surface area contributed by atoms with Crippen LogP contribution in [0.2, 0.25) is 0 Å². The van der Waals surface area contributed by atoms with Gasteiger partial charge in [0.15, 0.2) is 0 Å². The lowest BCUT2D eigenvalue weighted by Gasteiger charge is -2.32. The fourth-order valence-corrected chi connectivity index (χ4v) is 3.76. The Bertz CT molecular complexity index is 725. The highest BCUT2D eigenvalue weighted by Crippen LogP contribution is 2.35. The molecule has 2 saturated heterocycles. The SMILES string of the molecule is O=C(c1ccncc1)N1CCOC[C@@]2(CCN(c3ccccn3)C2)C1. The maximum atomic E-state index is 12.9. The number of rotatable bonds is 2. The predicted octanol–water partition coefficient (Wildman–Crippen LogP) is 1.85. The van der Waals surface area contributed by atoms with Crippen molar-refractivity contribution in [3.8, 4) is 0 Å². The Morgan fingerprint density at radius 2 is 1.96 bits per heavy atom. The average Bonchev–Trinajstić information content (AvgIpc) is 2.97. The summed E-state index contributed by atoms with van der Waals surface area (Å²) < 4.78 is 5.88. The number of amides is 1. The zero-order valence-electron chi connectivity index (χ0n) is 14.2. The van der Waals surface area contributed by atoms with E-state index in [2.05, 4.69) is 14.9 Å². The minimum Gasteiger partial charge on any atom is -0.379 e. The van der Waals surface area contributed by atoms with Gasteiger partial charge in [0.25, 0.3) is 5.91 Å². The lowest BCUT2D eigenvalue weighted by Crippen LogP contribution is -2.43. The summed E-state index contributed by atoms with van der Waals surface area (Å²) in [5, 5.41) is 0. The van der Waals surface area contributed by atoms with Crippen molar-refractivity contribution in [2.45, 2.75) is 6.42 Å². The minimum atomic E-state index is -0.0310. The van der Waals surface area contributed by atoms with Crippen molar-refractivity contribution >= 4 is 11.7 Å². The summed E-state index contributed by atoms with van der Waals surface area (Å²) in [6.07, 6.45) is 6.15. The molecule has 0 N–H and O–H groups in total. The van der Waals surface area contributed by atoms with Gasteiger partial charge in [-0.1, -0.05) is 6.07 Å². The molecular formula is C19H22N4O2. The van der Waals surface area contributed by atoms with Gasteiger partial charge in [0.05, 0.1) is 13.2 Å². The van der Waals surface area contributed by atoms with Crippen LogP contribution in [0.5, 0.6) is 0 Å². The van der Waals surface area contributed by atoms with Crippen molar-refractivity contribution in [1.82, 2.24) is 14.9 Å². The van der Waals surface area contributed by atoms with Gasteiger partial charge in [-0.15, -0.1) is 0 Å². The summed E-state index contributed by atoms with van der Waals surface area (Å²) in [4.78, 5) is 25.5. The van der Waals surface area contributed by atoms with Crippen molar-refractivity contribution < 1.29 is 9.53 Å². The van der Waals surface area contributed by atoms with Crippen molar-refractivity contribution in [1.29, 1.82) is 0 Å². The Morgan fingerprint density at radius 3 is 2.76 bits per heavy atom. The van der Waals surface area contributed by atoms with E-state index in [1.807, 2.05) is 29.3 Å². The van der Waals surface area contributed by atoms with Crippen LogP contribution in [-0.4, -0.2) is 60.2 Å². The number of carbonyl (C=O) groups is 1. The van der Waals surface area contributed by atoms with Crippen LogP contribution >= 0.6 is 0 Å². The van der Waals surface area contributed by atoms with Gasteiger partial charge in [-0.25, -0.2) is 4.98 Å². The molecule has 0 aliphatic carbocycles. The zero-order valence-corrected chi connectivity index (χ0v) is 14.2.